The lowest BCUT2D eigenvalue weighted by Crippen LogP contribution is -2.61. The maximum Gasteiger partial charge on any atom is 0.144 e. The van der Waals surface area contributed by atoms with E-state index < -0.39 is 23.9 Å². The van der Waals surface area contributed by atoms with Crippen molar-refractivity contribution in [2.75, 3.05) is 6.61 Å². The van der Waals surface area contributed by atoms with E-state index in [9.17, 15) is 5.11 Å². The Hall–Kier alpha value is -2.50. The summed E-state index contributed by atoms with van der Waals surface area (Å²) in [5, 5.41) is 11.9. The normalized spacial score (nSPS) is 26.4. The summed E-state index contributed by atoms with van der Waals surface area (Å²) in [6.07, 6.45) is -1.42. The second-order valence-corrected chi connectivity index (χ2v) is 7.72. The van der Waals surface area contributed by atoms with E-state index in [1.807, 2.05) is 97.9 Å². The van der Waals surface area contributed by atoms with Crippen LogP contribution in [0.15, 0.2) is 91.0 Å². The third-order valence-corrected chi connectivity index (χ3v) is 5.72. The van der Waals surface area contributed by atoms with Gasteiger partial charge in [0, 0.05) is 0 Å². The molecule has 4 rings (SSSR count). The number of hydrogen-bond donors (Lipinski definition) is 1. The highest BCUT2D eigenvalue weighted by Crippen LogP contribution is 2.39. The summed E-state index contributed by atoms with van der Waals surface area (Å²) in [6.45, 7) is 3.07. The molecule has 3 aromatic carbocycles. The van der Waals surface area contributed by atoms with Crippen molar-refractivity contribution in [3.05, 3.63) is 108 Å². The summed E-state index contributed by atoms with van der Waals surface area (Å²) in [5.41, 5.74) is 1.56. The highest BCUT2D eigenvalue weighted by Gasteiger charge is 2.52. The van der Waals surface area contributed by atoms with Crippen molar-refractivity contribution in [1.29, 1.82) is 0 Å². The average Bonchev–Trinajstić information content (AvgIpc) is 2.81. The van der Waals surface area contributed by atoms with Gasteiger partial charge in [-0.2, -0.15) is 0 Å². The Bertz CT molecular complexity index is 900. The Balaban J connectivity index is 1.60. The summed E-state index contributed by atoms with van der Waals surface area (Å²) in [7, 11) is 0. The average molecular weight is 405 g/mol. The molecule has 1 aliphatic heterocycles. The standard InChI is InChI=1S/C26H28O4/c1-20-26(27,23-15-9-4-10-16-23)25(30-18-22-13-7-3-8-14-22)24(19-28-20)29-17-21-11-5-2-6-12-21/h2-16,20,24-25,27H,17-19H2,1H3. The van der Waals surface area contributed by atoms with Crippen LogP contribution in [0.25, 0.3) is 0 Å². The van der Waals surface area contributed by atoms with Gasteiger partial charge in [0.05, 0.1) is 25.9 Å². The maximum absolute atomic E-state index is 11.9. The van der Waals surface area contributed by atoms with Gasteiger partial charge in [-0.3, -0.25) is 0 Å². The zero-order valence-corrected chi connectivity index (χ0v) is 17.2. The van der Waals surface area contributed by atoms with E-state index >= 15 is 0 Å². The van der Waals surface area contributed by atoms with Crippen molar-refractivity contribution in [2.45, 2.75) is 44.1 Å². The molecule has 0 bridgehead atoms. The first kappa shape index (κ1) is 20.8. The lowest BCUT2D eigenvalue weighted by atomic mass is 9.79. The molecule has 4 unspecified atom stereocenters. The molecule has 1 aliphatic rings. The van der Waals surface area contributed by atoms with Gasteiger partial charge in [-0.1, -0.05) is 91.0 Å². The molecule has 0 aromatic heterocycles. The fourth-order valence-electron chi connectivity index (χ4n) is 3.98. The summed E-state index contributed by atoms with van der Waals surface area (Å²) < 4.78 is 18.6. The highest BCUT2D eigenvalue weighted by atomic mass is 16.6. The van der Waals surface area contributed by atoms with Crippen LogP contribution >= 0.6 is 0 Å². The number of aliphatic hydroxyl groups is 1. The molecule has 30 heavy (non-hydrogen) atoms. The van der Waals surface area contributed by atoms with Gasteiger partial charge in [-0.15, -0.1) is 0 Å². The number of hydrogen-bond acceptors (Lipinski definition) is 4. The predicted octanol–water partition coefficient (Wildman–Crippen LogP) is 4.46. The molecule has 4 nitrogen and oxygen atoms in total. The molecule has 1 fully saturated rings. The fourth-order valence-corrected chi connectivity index (χ4v) is 3.98. The van der Waals surface area contributed by atoms with E-state index in [-0.39, 0.29) is 0 Å². The minimum atomic E-state index is -1.32. The van der Waals surface area contributed by atoms with Crippen LogP contribution in [-0.4, -0.2) is 30.0 Å². The van der Waals surface area contributed by atoms with Gasteiger partial charge in [0.1, 0.15) is 17.8 Å². The third-order valence-electron chi connectivity index (χ3n) is 5.72. The molecular weight excluding hydrogens is 376 g/mol. The van der Waals surface area contributed by atoms with Crippen molar-refractivity contribution in [1.82, 2.24) is 0 Å². The highest BCUT2D eigenvalue weighted by molar-refractivity contribution is 5.27. The van der Waals surface area contributed by atoms with Crippen molar-refractivity contribution in [3.63, 3.8) is 0 Å². The SMILES string of the molecule is CC1OCC(OCc2ccccc2)C(OCc2ccccc2)C1(O)c1ccccc1. The number of rotatable bonds is 7. The van der Waals surface area contributed by atoms with Crippen LogP contribution in [0, 0.1) is 0 Å². The largest absolute Gasteiger partial charge is 0.380 e. The smallest absolute Gasteiger partial charge is 0.144 e. The van der Waals surface area contributed by atoms with Gasteiger partial charge >= 0.3 is 0 Å². The van der Waals surface area contributed by atoms with Crippen LogP contribution in [0.5, 0.6) is 0 Å². The van der Waals surface area contributed by atoms with Crippen molar-refractivity contribution >= 4 is 0 Å². The van der Waals surface area contributed by atoms with Gasteiger partial charge < -0.3 is 19.3 Å². The zero-order valence-electron chi connectivity index (χ0n) is 17.2. The summed E-state index contributed by atoms with van der Waals surface area (Å²) in [6, 6.07) is 29.6. The first-order valence-electron chi connectivity index (χ1n) is 10.4. The fraction of sp³-hybridized carbons (Fsp3) is 0.308. The summed E-state index contributed by atoms with van der Waals surface area (Å²) in [5.74, 6) is 0. The van der Waals surface area contributed by atoms with E-state index in [4.69, 9.17) is 14.2 Å². The summed E-state index contributed by atoms with van der Waals surface area (Å²) in [4.78, 5) is 0. The molecule has 0 spiro atoms. The van der Waals surface area contributed by atoms with E-state index in [1.54, 1.807) is 0 Å². The molecule has 3 aromatic rings. The summed E-state index contributed by atoms with van der Waals surface area (Å²) >= 11 is 0. The maximum atomic E-state index is 11.9. The molecule has 4 atom stereocenters. The third kappa shape index (κ3) is 4.47. The first-order valence-corrected chi connectivity index (χ1v) is 10.4. The molecule has 0 aliphatic carbocycles. The van der Waals surface area contributed by atoms with Gasteiger partial charge in [-0.05, 0) is 23.6 Å². The lowest BCUT2D eigenvalue weighted by Gasteiger charge is -2.47. The second-order valence-electron chi connectivity index (χ2n) is 7.72. The van der Waals surface area contributed by atoms with Crippen molar-refractivity contribution in [2.24, 2.45) is 0 Å². The Kier molecular flexibility index (Phi) is 6.60. The molecule has 0 amide bonds. The Morgan fingerprint density at radius 3 is 1.87 bits per heavy atom. The molecular formula is C26H28O4. The van der Waals surface area contributed by atoms with Crippen molar-refractivity contribution in [3.8, 4) is 0 Å². The van der Waals surface area contributed by atoms with Crippen LogP contribution in [0.4, 0.5) is 0 Å². The van der Waals surface area contributed by atoms with E-state index in [1.165, 1.54) is 0 Å². The van der Waals surface area contributed by atoms with Crippen molar-refractivity contribution < 1.29 is 19.3 Å². The minimum Gasteiger partial charge on any atom is -0.380 e. The Morgan fingerprint density at radius 2 is 1.30 bits per heavy atom. The molecule has 4 heteroatoms. The molecule has 0 radical (unpaired) electrons. The van der Waals surface area contributed by atoms with E-state index in [0.29, 0.717) is 19.8 Å². The molecule has 1 saturated heterocycles. The van der Waals surface area contributed by atoms with Crippen LogP contribution in [0.3, 0.4) is 0 Å². The molecule has 156 valence electrons. The van der Waals surface area contributed by atoms with Gasteiger partial charge in [0.2, 0.25) is 0 Å². The minimum absolute atomic E-state index is 0.364. The van der Waals surface area contributed by atoms with E-state index in [2.05, 4.69) is 0 Å². The van der Waals surface area contributed by atoms with Crippen LogP contribution in [-0.2, 0) is 33.0 Å². The molecule has 0 saturated carbocycles. The van der Waals surface area contributed by atoms with Gasteiger partial charge in [-0.25, -0.2) is 0 Å². The Labute approximate surface area is 178 Å². The molecule has 1 N–H and O–H groups in total. The van der Waals surface area contributed by atoms with Crippen LogP contribution < -0.4 is 0 Å². The zero-order chi connectivity index (χ0) is 20.8. The van der Waals surface area contributed by atoms with Gasteiger partial charge in [0.25, 0.3) is 0 Å². The number of ether oxygens (including phenoxy) is 3. The lowest BCUT2D eigenvalue weighted by molar-refractivity contribution is -0.271. The monoisotopic (exact) mass is 404 g/mol. The van der Waals surface area contributed by atoms with E-state index in [0.717, 1.165) is 16.7 Å². The van der Waals surface area contributed by atoms with Crippen LogP contribution in [0.1, 0.15) is 23.6 Å². The first-order chi connectivity index (χ1) is 14.7. The molecule has 1 heterocycles. The number of benzene rings is 3. The van der Waals surface area contributed by atoms with Crippen LogP contribution in [0.2, 0.25) is 0 Å². The topological polar surface area (TPSA) is 47.9 Å². The Morgan fingerprint density at radius 1 is 0.800 bits per heavy atom. The van der Waals surface area contributed by atoms with Gasteiger partial charge in [0.15, 0.2) is 0 Å². The second kappa shape index (κ2) is 9.54. The predicted molar refractivity (Wildman–Crippen MR) is 116 cm³/mol. The quantitative estimate of drug-likeness (QED) is 0.631.